The lowest BCUT2D eigenvalue weighted by Crippen LogP contribution is -2.59. The van der Waals surface area contributed by atoms with E-state index in [1.165, 1.54) is 7.11 Å². The number of amides is 1. The summed E-state index contributed by atoms with van der Waals surface area (Å²) in [6, 6.07) is 0. The van der Waals surface area contributed by atoms with E-state index in [-0.39, 0.29) is 13.2 Å². The highest BCUT2D eigenvalue weighted by Crippen LogP contribution is 2.27. The third-order valence-corrected chi connectivity index (χ3v) is 2.13. The summed E-state index contributed by atoms with van der Waals surface area (Å²) in [4.78, 5) is 22.2. The molecule has 1 rings (SSSR count). The van der Waals surface area contributed by atoms with Crippen molar-refractivity contribution < 1.29 is 24.2 Å². The third-order valence-electron chi connectivity index (χ3n) is 2.13. The molecule has 0 aromatic heterocycles. The van der Waals surface area contributed by atoms with Crippen LogP contribution in [0.1, 0.15) is 0 Å². The van der Waals surface area contributed by atoms with Crippen molar-refractivity contribution in [1.29, 1.82) is 0 Å². The Balaban J connectivity index is 2.45. The third kappa shape index (κ3) is 1.85. The van der Waals surface area contributed by atoms with E-state index in [4.69, 9.17) is 14.6 Å². The minimum absolute atomic E-state index is 0.0544. The lowest BCUT2D eigenvalue weighted by molar-refractivity contribution is -0.185. The molecule has 0 atom stereocenters. The van der Waals surface area contributed by atoms with Gasteiger partial charge in [0.05, 0.1) is 19.8 Å². The van der Waals surface area contributed by atoms with Gasteiger partial charge in [-0.25, -0.2) is 0 Å². The van der Waals surface area contributed by atoms with E-state index < -0.39 is 17.3 Å². The molecular weight excluding hydrogens is 190 g/mol. The summed E-state index contributed by atoms with van der Waals surface area (Å²) >= 11 is 0. The first-order valence-electron chi connectivity index (χ1n) is 4.22. The first-order valence-corrected chi connectivity index (χ1v) is 4.22. The standard InChI is InChI=1S/C8H13NO5/c1-13-3-2-9-6(10)8(7(11)12)4-14-5-8/h2-5H2,1H3,(H,9,10)(H,11,12). The Hall–Kier alpha value is -1.14. The minimum Gasteiger partial charge on any atom is -0.480 e. The molecule has 0 unspecified atom stereocenters. The molecular formula is C8H13NO5. The number of hydrogen-bond acceptors (Lipinski definition) is 4. The number of carboxylic acid groups (broad SMARTS) is 1. The molecule has 1 aliphatic heterocycles. The van der Waals surface area contributed by atoms with E-state index in [2.05, 4.69) is 5.32 Å². The van der Waals surface area contributed by atoms with Crippen molar-refractivity contribution in [2.24, 2.45) is 5.41 Å². The van der Waals surface area contributed by atoms with Crippen molar-refractivity contribution in [3.63, 3.8) is 0 Å². The molecule has 0 radical (unpaired) electrons. The summed E-state index contributed by atoms with van der Waals surface area (Å²) in [6.07, 6.45) is 0. The normalized spacial score (nSPS) is 18.4. The fraction of sp³-hybridized carbons (Fsp3) is 0.750. The molecule has 1 fully saturated rings. The molecule has 1 saturated heterocycles. The topological polar surface area (TPSA) is 84.9 Å². The summed E-state index contributed by atoms with van der Waals surface area (Å²) in [6.45, 7) is 0.564. The second-order valence-corrected chi connectivity index (χ2v) is 3.13. The van der Waals surface area contributed by atoms with Gasteiger partial charge in [-0.15, -0.1) is 0 Å². The molecule has 0 saturated carbocycles. The Morgan fingerprint density at radius 3 is 2.57 bits per heavy atom. The van der Waals surface area contributed by atoms with Crippen molar-refractivity contribution in [2.45, 2.75) is 0 Å². The summed E-state index contributed by atoms with van der Waals surface area (Å²) in [5.74, 6) is -1.65. The fourth-order valence-corrected chi connectivity index (χ4v) is 1.09. The Morgan fingerprint density at radius 2 is 2.21 bits per heavy atom. The van der Waals surface area contributed by atoms with Crippen LogP contribution in [0, 0.1) is 5.41 Å². The highest BCUT2D eigenvalue weighted by Gasteiger charge is 2.53. The first-order chi connectivity index (χ1) is 6.63. The van der Waals surface area contributed by atoms with Crippen LogP contribution in [-0.2, 0) is 19.1 Å². The number of methoxy groups -OCH3 is 1. The maximum Gasteiger partial charge on any atom is 0.324 e. The molecule has 0 aromatic rings. The van der Waals surface area contributed by atoms with Crippen LogP contribution in [0.5, 0.6) is 0 Å². The summed E-state index contributed by atoms with van der Waals surface area (Å²) in [5.41, 5.74) is -1.38. The van der Waals surface area contributed by atoms with Crippen molar-refractivity contribution in [3.8, 4) is 0 Å². The van der Waals surface area contributed by atoms with E-state index in [0.717, 1.165) is 0 Å². The van der Waals surface area contributed by atoms with Gasteiger partial charge in [-0.3, -0.25) is 9.59 Å². The van der Waals surface area contributed by atoms with Crippen molar-refractivity contribution in [3.05, 3.63) is 0 Å². The smallest absolute Gasteiger partial charge is 0.324 e. The van der Waals surface area contributed by atoms with Gasteiger partial charge < -0.3 is 19.9 Å². The average molecular weight is 203 g/mol. The van der Waals surface area contributed by atoms with Gasteiger partial charge in [0, 0.05) is 13.7 Å². The monoisotopic (exact) mass is 203 g/mol. The van der Waals surface area contributed by atoms with E-state index in [1.807, 2.05) is 0 Å². The number of hydrogen-bond donors (Lipinski definition) is 2. The number of rotatable bonds is 5. The number of carbonyl (C=O) groups excluding carboxylic acids is 1. The van der Waals surface area contributed by atoms with Gasteiger partial charge in [0.2, 0.25) is 5.91 Å². The van der Waals surface area contributed by atoms with Gasteiger partial charge >= 0.3 is 5.97 Å². The first kappa shape index (κ1) is 10.9. The van der Waals surface area contributed by atoms with Crippen LogP contribution in [0.2, 0.25) is 0 Å². The molecule has 0 bridgehead atoms. The largest absolute Gasteiger partial charge is 0.480 e. The van der Waals surface area contributed by atoms with Gasteiger partial charge in [-0.05, 0) is 0 Å². The maximum atomic E-state index is 11.4. The van der Waals surface area contributed by atoms with Crippen molar-refractivity contribution in [1.82, 2.24) is 5.32 Å². The van der Waals surface area contributed by atoms with Crippen molar-refractivity contribution in [2.75, 3.05) is 33.5 Å². The van der Waals surface area contributed by atoms with E-state index in [0.29, 0.717) is 13.2 Å². The number of nitrogens with one attached hydrogen (secondary N) is 1. The zero-order valence-electron chi connectivity index (χ0n) is 7.91. The minimum atomic E-state index is -1.38. The van der Waals surface area contributed by atoms with Crippen LogP contribution in [0.15, 0.2) is 0 Å². The molecule has 0 aliphatic carbocycles. The van der Waals surface area contributed by atoms with Gasteiger partial charge in [-0.1, -0.05) is 0 Å². The lowest BCUT2D eigenvalue weighted by atomic mass is 9.85. The van der Waals surface area contributed by atoms with E-state index in [9.17, 15) is 9.59 Å². The quantitative estimate of drug-likeness (QED) is 0.435. The predicted molar refractivity (Wildman–Crippen MR) is 45.8 cm³/mol. The Labute approximate surface area is 81.2 Å². The van der Waals surface area contributed by atoms with Crippen LogP contribution in [0.3, 0.4) is 0 Å². The van der Waals surface area contributed by atoms with Gasteiger partial charge in [-0.2, -0.15) is 0 Å². The summed E-state index contributed by atoms with van der Waals surface area (Å²) in [5, 5.41) is 11.3. The lowest BCUT2D eigenvalue weighted by Gasteiger charge is -2.35. The Kier molecular flexibility index (Phi) is 3.43. The van der Waals surface area contributed by atoms with E-state index in [1.54, 1.807) is 0 Å². The van der Waals surface area contributed by atoms with Crippen LogP contribution >= 0.6 is 0 Å². The maximum absolute atomic E-state index is 11.4. The van der Waals surface area contributed by atoms with Gasteiger partial charge in [0.25, 0.3) is 0 Å². The average Bonchev–Trinajstić information content (AvgIpc) is 2.01. The van der Waals surface area contributed by atoms with Crippen molar-refractivity contribution >= 4 is 11.9 Å². The van der Waals surface area contributed by atoms with Gasteiger partial charge in [0.1, 0.15) is 0 Å². The molecule has 1 amide bonds. The fourth-order valence-electron chi connectivity index (χ4n) is 1.09. The Bertz CT molecular complexity index is 236. The zero-order valence-corrected chi connectivity index (χ0v) is 7.91. The number of ether oxygens (including phenoxy) is 2. The molecule has 80 valence electrons. The molecule has 6 heteroatoms. The van der Waals surface area contributed by atoms with Crippen LogP contribution in [-0.4, -0.2) is 50.5 Å². The highest BCUT2D eigenvalue weighted by molar-refractivity contribution is 6.03. The highest BCUT2D eigenvalue weighted by atomic mass is 16.5. The second-order valence-electron chi connectivity index (χ2n) is 3.13. The number of aliphatic carboxylic acids is 1. The summed E-state index contributed by atoms with van der Waals surface area (Å²) < 4.78 is 9.48. The molecule has 6 nitrogen and oxygen atoms in total. The van der Waals surface area contributed by atoms with Crippen LogP contribution in [0.25, 0.3) is 0 Å². The predicted octanol–water partition coefficient (Wildman–Crippen LogP) is -1.15. The molecule has 0 aromatic carbocycles. The van der Waals surface area contributed by atoms with Crippen LogP contribution in [0.4, 0.5) is 0 Å². The second kappa shape index (κ2) is 4.39. The molecule has 1 heterocycles. The molecule has 14 heavy (non-hydrogen) atoms. The molecule has 1 aliphatic rings. The molecule has 0 spiro atoms. The van der Waals surface area contributed by atoms with Gasteiger partial charge in [0.15, 0.2) is 5.41 Å². The SMILES string of the molecule is COCCNC(=O)C1(C(=O)O)COC1. The number of carbonyl (C=O) groups is 2. The number of carboxylic acids is 1. The molecule has 2 N–H and O–H groups in total. The zero-order chi connectivity index (χ0) is 10.6. The summed E-state index contributed by atoms with van der Waals surface area (Å²) in [7, 11) is 1.51. The Morgan fingerprint density at radius 1 is 1.57 bits per heavy atom. The van der Waals surface area contributed by atoms with E-state index >= 15 is 0 Å². The van der Waals surface area contributed by atoms with Crippen LogP contribution < -0.4 is 5.32 Å².